The van der Waals surface area contributed by atoms with Gasteiger partial charge in [0.05, 0.1) is 0 Å². The summed E-state index contributed by atoms with van der Waals surface area (Å²) in [4.78, 5) is 14.7. The number of piperidine rings is 1. The smallest absolute Gasteiger partial charge is 0.311 e. The molecule has 3 heteroatoms. The van der Waals surface area contributed by atoms with E-state index in [2.05, 4.69) is 30.9 Å². The molecule has 1 atom stereocenters. The normalized spacial score (nSPS) is 17.8. The van der Waals surface area contributed by atoms with Gasteiger partial charge in [0, 0.05) is 13.0 Å². The lowest BCUT2D eigenvalue weighted by Gasteiger charge is -2.32. The molecule has 0 bridgehead atoms. The summed E-state index contributed by atoms with van der Waals surface area (Å²) in [6.45, 7) is 8.01. The molecule has 1 aliphatic heterocycles. The van der Waals surface area contributed by atoms with Crippen LogP contribution in [-0.4, -0.2) is 30.5 Å². The fraction of sp³-hybridized carbons (Fsp3) is 0.708. The molecule has 0 aromatic heterocycles. The maximum Gasteiger partial charge on any atom is 0.311 e. The summed E-state index contributed by atoms with van der Waals surface area (Å²) in [6.07, 6.45) is 12.8. The first-order valence-corrected chi connectivity index (χ1v) is 11.3. The highest BCUT2D eigenvalue weighted by Gasteiger charge is 2.21. The molecule has 1 aromatic carbocycles. The van der Waals surface area contributed by atoms with Crippen molar-refractivity contribution in [2.75, 3.05) is 19.6 Å². The Balaban J connectivity index is 1.73. The molecule has 0 radical (unpaired) electrons. The lowest BCUT2D eigenvalue weighted by molar-refractivity contribution is -0.134. The van der Waals surface area contributed by atoms with E-state index in [9.17, 15) is 4.79 Å². The number of nitrogens with zero attached hydrogens (tertiary/aromatic N) is 1. The van der Waals surface area contributed by atoms with E-state index in [1.165, 1.54) is 70.0 Å². The SMILES string of the molecule is CCCCCCCCCC(=O)Oc1cccc(C2CCCN(CCC)C2)c1. The lowest BCUT2D eigenvalue weighted by Crippen LogP contribution is -2.34. The summed E-state index contributed by atoms with van der Waals surface area (Å²) >= 11 is 0. The summed E-state index contributed by atoms with van der Waals surface area (Å²) in [6, 6.07) is 8.22. The second-order valence-electron chi connectivity index (χ2n) is 8.06. The second kappa shape index (κ2) is 12.9. The first kappa shape index (κ1) is 21.9. The largest absolute Gasteiger partial charge is 0.427 e. The zero-order chi connectivity index (χ0) is 19.3. The molecule has 1 saturated heterocycles. The highest BCUT2D eigenvalue weighted by atomic mass is 16.5. The van der Waals surface area contributed by atoms with Crippen molar-refractivity contribution in [1.82, 2.24) is 4.90 Å². The van der Waals surface area contributed by atoms with Gasteiger partial charge < -0.3 is 9.64 Å². The van der Waals surface area contributed by atoms with E-state index in [1.807, 2.05) is 12.1 Å². The van der Waals surface area contributed by atoms with E-state index >= 15 is 0 Å². The molecule has 0 saturated carbocycles. The molecule has 1 aliphatic rings. The minimum atomic E-state index is -0.0861. The zero-order valence-electron chi connectivity index (χ0n) is 17.5. The lowest BCUT2D eigenvalue weighted by atomic mass is 9.90. The maximum atomic E-state index is 12.1. The zero-order valence-corrected chi connectivity index (χ0v) is 17.5. The number of carbonyl (C=O) groups excluding carboxylic acids is 1. The topological polar surface area (TPSA) is 29.5 Å². The highest BCUT2D eigenvalue weighted by molar-refractivity contribution is 5.72. The Hall–Kier alpha value is -1.35. The number of esters is 1. The first-order valence-electron chi connectivity index (χ1n) is 11.3. The standard InChI is InChI=1S/C24H39NO2/c1-3-5-6-7-8-9-10-16-24(26)27-23-15-11-13-21(19-23)22-14-12-18-25(20-22)17-4-2/h11,13,15,19,22H,3-10,12,14,16-18,20H2,1-2H3. The Morgan fingerprint density at radius 2 is 1.85 bits per heavy atom. The van der Waals surface area contributed by atoms with Gasteiger partial charge in [0.25, 0.3) is 0 Å². The Bertz CT molecular complexity index is 541. The number of carbonyl (C=O) groups is 1. The third-order valence-corrected chi connectivity index (χ3v) is 5.59. The van der Waals surface area contributed by atoms with Crippen molar-refractivity contribution in [2.24, 2.45) is 0 Å². The Morgan fingerprint density at radius 3 is 2.63 bits per heavy atom. The molecule has 152 valence electrons. The molecule has 1 unspecified atom stereocenters. The third-order valence-electron chi connectivity index (χ3n) is 5.59. The highest BCUT2D eigenvalue weighted by Crippen LogP contribution is 2.29. The van der Waals surface area contributed by atoms with Gasteiger partial charge >= 0.3 is 5.97 Å². The van der Waals surface area contributed by atoms with E-state index in [0.29, 0.717) is 18.1 Å². The summed E-state index contributed by atoms with van der Waals surface area (Å²) in [5.74, 6) is 1.19. The van der Waals surface area contributed by atoms with E-state index < -0.39 is 0 Å². The Kier molecular flexibility index (Phi) is 10.5. The van der Waals surface area contributed by atoms with Gasteiger partial charge in [0.1, 0.15) is 5.75 Å². The average Bonchev–Trinajstić information content (AvgIpc) is 2.68. The number of ether oxygens (including phenoxy) is 1. The van der Waals surface area contributed by atoms with Crippen LogP contribution in [0.2, 0.25) is 0 Å². The van der Waals surface area contributed by atoms with Crippen LogP contribution in [0.25, 0.3) is 0 Å². The van der Waals surface area contributed by atoms with Gasteiger partial charge in [-0.05, 0) is 62.4 Å². The van der Waals surface area contributed by atoms with Crippen LogP contribution >= 0.6 is 0 Å². The fourth-order valence-corrected chi connectivity index (χ4v) is 4.09. The van der Waals surface area contributed by atoms with E-state index in [1.54, 1.807) is 0 Å². The average molecular weight is 374 g/mol. The molecular formula is C24H39NO2. The quantitative estimate of drug-likeness (QED) is 0.244. The molecule has 1 heterocycles. The van der Waals surface area contributed by atoms with Gasteiger partial charge in [-0.3, -0.25) is 4.79 Å². The number of unbranched alkanes of at least 4 members (excludes halogenated alkanes) is 6. The molecule has 3 nitrogen and oxygen atoms in total. The van der Waals surface area contributed by atoms with Gasteiger partial charge in [0.2, 0.25) is 0 Å². The molecular weight excluding hydrogens is 334 g/mol. The summed E-state index contributed by atoms with van der Waals surface area (Å²) in [7, 11) is 0. The number of benzene rings is 1. The van der Waals surface area contributed by atoms with Gasteiger partial charge in [0.15, 0.2) is 0 Å². The molecule has 27 heavy (non-hydrogen) atoms. The van der Waals surface area contributed by atoms with Crippen LogP contribution in [-0.2, 0) is 4.79 Å². The first-order chi connectivity index (χ1) is 13.2. The van der Waals surface area contributed by atoms with Crippen LogP contribution in [0.4, 0.5) is 0 Å². The molecule has 1 aromatic rings. The van der Waals surface area contributed by atoms with Gasteiger partial charge in [-0.25, -0.2) is 0 Å². The minimum Gasteiger partial charge on any atom is -0.427 e. The number of likely N-dealkylation sites (tertiary alicyclic amines) is 1. The molecule has 0 spiro atoms. The molecule has 1 fully saturated rings. The number of hydrogen-bond acceptors (Lipinski definition) is 3. The Labute approximate surface area is 166 Å². The van der Waals surface area contributed by atoms with Gasteiger partial charge in [-0.15, -0.1) is 0 Å². The van der Waals surface area contributed by atoms with Crippen LogP contribution in [0.1, 0.15) is 96.0 Å². The van der Waals surface area contributed by atoms with Crippen molar-refractivity contribution in [3.63, 3.8) is 0 Å². The van der Waals surface area contributed by atoms with Crippen molar-refractivity contribution in [3.8, 4) is 5.75 Å². The summed E-state index contributed by atoms with van der Waals surface area (Å²) in [5.41, 5.74) is 1.32. The third kappa shape index (κ3) is 8.47. The van der Waals surface area contributed by atoms with Gasteiger partial charge in [-0.2, -0.15) is 0 Å². The van der Waals surface area contributed by atoms with Crippen LogP contribution < -0.4 is 4.74 Å². The predicted molar refractivity (Wildman–Crippen MR) is 113 cm³/mol. The van der Waals surface area contributed by atoms with E-state index in [4.69, 9.17) is 4.74 Å². The van der Waals surface area contributed by atoms with Crippen molar-refractivity contribution in [1.29, 1.82) is 0 Å². The number of hydrogen-bond donors (Lipinski definition) is 0. The van der Waals surface area contributed by atoms with Gasteiger partial charge in [-0.1, -0.05) is 64.5 Å². The summed E-state index contributed by atoms with van der Waals surface area (Å²) < 4.78 is 5.61. The second-order valence-corrected chi connectivity index (χ2v) is 8.06. The van der Waals surface area contributed by atoms with Crippen LogP contribution in [0.15, 0.2) is 24.3 Å². The molecule has 0 aliphatic carbocycles. The van der Waals surface area contributed by atoms with Crippen LogP contribution in [0.5, 0.6) is 5.75 Å². The fourth-order valence-electron chi connectivity index (χ4n) is 4.09. The van der Waals surface area contributed by atoms with Crippen molar-refractivity contribution >= 4 is 5.97 Å². The van der Waals surface area contributed by atoms with Crippen molar-refractivity contribution in [3.05, 3.63) is 29.8 Å². The van der Waals surface area contributed by atoms with Crippen molar-refractivity contribution in [2.45, 2.75) is 90.4 Å². The molecule has 0 amide bonds. The molecule has 2 rings (SSSR count). The Morgan fingerprint density at radius 1 is 1.07 bits per heavy atom. The predicted octanol–water partition coefficient (Wildman–Crippen LogP) is 6.32. The van der Waals surface area contributed by atoms with E-state index in [-0.39, 0.29) is 5.97 Å². The van der Waals surface area contributed by atoms with Crippen molar-refractivity contribution < 1.29 is 9.53 Å². The summed E-state index contributed by atoms with van der Waals surface area (Å²) in [5, 5.41) is 0. The van der Waals surface area contributed by atoms with Crippen LogP contribution in [0, 0.1) is 0 Å². The molecule has 0 N–H and O–H groups in total. The van der Waals surface area contributed by atoms with Crippen LogP contribution in [0.3, 0.4) is 0 Å². The van der Waals surface area contributed by atoms with E-state index in [0.717, 1.165) is 19.4 Å². The monoisotopic (exact) mass is 373 g/mol. The maximum absolute atomic E-state index is 12.1. The number of rotatable bonds is 12. The minimum absolute atomic E-state index is 0.0861.